The summed E-state index contributed by atoms with van der Waals surface area (Å²) in [4.78, 5) is 86.7. The van der Waals surface area contributed by atoms with Crippen molar-refractivity contribution < 1.29 is 28.8 Å². The molecule has 1 saturated heterocycles. The van der Waals surface area contributed by atoms with Crippen LogP contribution in [0.4, 0.5) is 11.4 Å². The summed E-state index contributed by atoms with van der Waals surface area (Å²) >= 11 is 0. The molecule has 8 rings (SSSR count). The van der Waals surface area contributed by atoms with Crippen LogP contribution in [-0.2, 0) is 20.9 Å². The van der Waals surface area contributed by atoms with Crippen LogP contribution in [0.25, 0.3) is 33.2 Å². The Morgan fingerprint density at radius 1 is 0.900 bits per heavy atom. The molecule has 2 aromatic heterocycles. The van der Waals surface area contributed by atoms with Crippen LogP contribution in [0.1, 0.15) is 88.8 Å². The summed E-state index contributed by atoms with van der Waals surface area (Å²) in [6.07, 6.45) is 4.48. The number of anilines is 2. The summed E-state index contributed by atoms with van der Waals surface area (Å²) in [6, 6.07) is 19.2. The first-order chi connectivity index (χ1) is 28.9. The molecule has 0 spiro atoms. The zero-order chi connectivity index (χ0) is 42.1. The van der Waals surface area contributed by atoms with Gasteiger partial charge in [0.05, 0.1) is 17.1 Å². The van der Waals surface area contributed by atoms with Gasteiger partial charge in [0.25, 0.3) is 17.7 Å². The van der Waals surface area contributed by atoms with E-state index >= 15 is 0 Å². The van der Waals surface area contributed by atoms with Crippen molar-refractivity contribution in [1.82, 2.24) is 30.8 Å². The lowest BCUT2D eigenvalue weighted by atomic mass is 9.94. The Balaban J connectivity index is 0.942. The van der Waals surface area contributed by atoms with Crippen LogP contribution in [0.5, 0.6) is 0 Å². The van der Waals surface area contributed by atoms with Gasteiger partial charge in [-0.15, -0.1) is 0 Å². The van der Waals surface area contributed by atoms with Crippen LogP contribution in [0.3, 0.4) is 0 Å². The number of piperidine rings is 1. The second kappa shape index (κ2) is 16.5. The Hall–Kier alpha value is -7.40. The molecule has 6 amide bonds. The lowest BCUT2D eigenvalue weighted by molar-refractivity contribution is -0.137. The molecule has 0 aliphatic carbocycles. The highest BCUT2D eigenvalue weighted by Crippen LogP contribution is 2.41. The summed E-state index contributed by atoms with van der Waals surface area (Å²) in [5.74, 6) is 4.39. The minimum atomic E-state index is -0.703. The van der Waals surface area contributed by atoms with Crippen molar-refractivity contribution in [1.29, 1.82) is 0 Å². The summed E-state index contributed by atoms with van der Waals surface area (Å²) in [5.41, 5.74) is 6.81. The van der Waals surface area contributed by atoms with Crippen LogP contribution in [-0.4, -0.2) is 75.0 Å². The highest BCUT2D eigenvalue weighted by Gasteiger charge is 2.39. The van der Waals surface area contributed by atoms with E-state index in [1.807, 2.05) is 57.2 Å². The van der Waals surface area contributed by atoms with Crippen LogP contribution in [0, 0.1) is 11.8 Å². The van der Waals surface area contributed by atoms with Crippen molar-refractivity contribution in [2.24, 2.45) is 0 Å². The number of hydrogen-bond donors (Lipinski definition) is 5. The van der Waals surface area contributed by atoms with Gasteiger partial charge in [0.15, 0.2) is 0 Å². The number of fused-ring (bicyclic) bond motifs is 3. The SMILES string of the molecule is CC(C)NC(=O)c1cc2c(c(-c3cccc4cc(-c5ccc(C(=O)NCCC#Cc6cccc7c6CN(C6CCC(=O)NC6=O)C7=O)nc5)ncc34)c1)NC(C)CC(=O)N2. The number of carbonyl (C=O) groups excluding carboxylic acids is 6. The summed E-state index contributed by atoms with van der Waals surface area (Å²) < 4.78 is 0. The Labute approximate surface area is 345 Å². The molecule has 5 aromatic rings. The second-order valence-corrected chi connectivity index (χ2v) is 15.4. The van der Waals surface area contributed by atoms with Crippen molar-refractivity contribution >= 4 is 57.6 Å². The molecule has 5 N–H and O–H groups in total. The monoisotopic (exact) mass is 802 g/mol. The van der Waals surface area contributed by atoms with Crippen molar-refractivity contribution in [3.05, 3.63) is 107 Å². The molecule has 14 heteroatoms. The second-order valence-electron chi connectivity index (χ2n) is 15.4. The molecule has 3 aliphatic heterocycles. The van der Waals surface area contributed by atoms with Gasteiger partial charge >= 0.3 is 0 Å². The summed E-state index contributed by atoms with van der Waals surface area (Å²) in [7, 11) is 0. The third-order valence-corrected chi connectivity index (χ3v) is 10.7. The van der Waals surface area contributed by atoms with Gasteiger partial charge in [-0.05, 0) is 86.2 Å². The Bertz CT molecular complexity index is 2680. The maximum absolute atomic E-state index is 13.2. The lowest BCUT2D eigenvalue weighted by Crippen LogP contribution is -2.52. The molecule has 5 heterocycles. The average Bonchev–Trinajstić information content (AvgIpc) is 3.47. The molecular weight excluding hydrogens is 761 g/mol. The van der Waals surface area contributed by atoms with Crippen molar-refractivity contribution in [2.75, 3.05) is 17.2 Å². The van der Waals surface area contributed by atoms with Crippen molar-refractivity contribution in [3.8, 4) is 34.2 Å². The zero-order valence-electron chi connectivity index (χ0n) is 33.3. The molecule has 0 radical (unpaired) electrons. The smallest absolute Gasteiger partial charge is 0.269 e. The van der Waals surface area contributed by atoms with E-state index in [1.54, 1.807) is 42.7 Å². The summed E-state index contributed by atoms with van der Waals surface area (Å²) in [6.45, 7) is 6.23. The number of amides is 6. The molecule has 0 saturated carbocycles. The van der Waals surface area contributed by atoms with Crippen molar-refractivity contribution in [3.63, 3.8) is 0 Å². The zero-order valence-corrected chi connectivity index (χ0v) is 33.3. The Kier molecular flexibility index (Phi) is 10.8. The van der Waals surface area contributed by atoms with E-state index < -0.39 is 11.9 Å². The minimum absolute atomic E-state index is 0.0711. The molecule has 1 fully saturated rings. The van der Waals surface area contributed by atoms with Gasteiger partial charge in [-0.3, -0.25) is 44.1 Å². The van der Waals surface area contributed by atoms with E-state index in [2.05, 4.69) is 43.4 Å². The normalized spacial score (nSPS) is 17.1. The number of pyridine rings is 2. The molecule has 0 bridgehead atoms. The minimum Gasteiger partial charge on any atom is -0.380 e. The predicted molar refractivity (Wildman–Crippen MR) is 226 cm³/mol. The molecule has 302 valence electrons. The highest BCUT2D eigenvalue weighted by atomic mass is 16.2. The van der Waals surface area contributed by atoms with Gasteiger partial charge in [-0.25, -0.2) is 0 Å². The van der Waals surface area contributed by atoms with Gasteiger partial charge in [-0.2, -0.15) is 0 Å². The van der Waals surface area contributed by atoms with E-state index in [4.69, 9.17) is 4.98 Å². The highest BCUT2D eigenvalue weighted by molar-refractivity contribution is 6.09. The first kappa shape index (κ1) is 39.4. The number of rotatable bonds is 8. The largest absolute Gasteiger partial charge is 0.380 e. The first-order valence-electron chi connectivity index (χ1n) is 19.9. The Morgan fingerprint density at radius 3 is 2.50 bits per heavy atom. The number of hydrogen-bond acceptors (Lipinski definition) is 9. The molecule has 2 atom stereocenters. The van der Waals surface area contributed by atoms with Gasteiger partial charge < -0.3 is 26.2 Å². The van der Waals surface area contributed by atoms with Gasteiger partial charge in [-0.1, -0.05) is 36.1 Å². The van der Waals surface area contributed by atoms with Gasteiger partial charge in [0.2, 0.25) is 17.7 Å². The quantitative estimate of drug-likeness (QED) is 0.0800. The van der Waals surface area contributed by atoms with Gasteiger partial charge in [0, 0.05) is 90.0 Å². The van der Waals surface area contributed by atoms with E-state index in [1.165, 1.54) is 4.90 Å². The standard InChI is InChI=1S/C46H42N8O6/c1-25(2)50-43(57)30-19-33(42-38(21-30)52-41(56)18-26(3)51-42)31-11-7-10-28-20-37(49-23-34(28)31)29-13-14-36(48-22-29)44(58)47-17-5-4-8-27-9-6-12-32-35(27)24-54(46(32)60)39-15-16-40(55)53-45(39)59/h6-7,9-14,19-23,25-26,39,51H,5,15-18,24H2,1-3H3,(H,47,58)(H,50,57)(H,52,56)(H,53,55,59). The Morgan fingerprint density at radius 2 is 1.72 bits per heavy atom. The van der Waals surface area contributed by atoms with E-state index in [0.717, 1.165) is 33.2 Å². The average molecular weight is 803 g/mol. The van der Waals surface area contributed by atoms with E-state index in [9.17, 15) is 28.8 Å². The molecule has 60 heavy (non-hydrogen) atoms. The van der Waals surface area contributed by atoms with Gasteiger partial charge in [0.1, 0.15) is 11.7 Å². The van der Waals surface area contributed by atoms with Crippen molar-refractivity contribution in [2.45, 2.75) is 71.1 Å². The maximum atomic E-state index is 13.2. The number of nitrogens with zero attached hydrogens (tertiary/aromatic N) is 3. The van der Waals surface area contributed by atoms with E-state index in [0.29, 0.717) is 40.1 Å². The fraction of sp³-hybridized carbons (Fsp3) is 0.261. The number of carbonyl (C=O) groups is 6. The third-order valence-electron chi connectivity index (χ3n) is 10.7. The molecule has 3 aromatic carbocycles. The number of aromatic nitrogens is 2. The van der Waals surface area contributed by atoms with Crippen LogP contribution < -0.4 is 26.6 Å². The fourth-order valence-electron chi connectivity index (χ4n) is 7.80. The number of nitrogens with one attached hydrogen (secondary N) is 5. The number of benzene rings is 3. The van der Waals surface area contributed by atoms with Crippen LogP contribution in [0.2, 0.25) is 0 Å². The van der Waals surface area contributed by atoms with Crippen LogP contribution in [0.15, 0.2) is 79.1 Å². The molecule has 14 nitrogen and oxygen atoms in total. The molecule has 3 aliphatic rings. The van der Waals surface area contributed by atoms with E-state index in [-0.39, 0.29) is 79.7 Å². The lowest BCUT2D eigenvalue weighted by Gasteiger charge is -2.29. The summed E-state index contributed by atoms with van der Waals surface area (Å²) in [5, 5.41) is 16.3. The molecule has 2 unspecified atom stereocenters. The third kappa shape index (κ3) is 8.02. The topological polar surface area (TPSA) is 192 Å². The fourth-order valence-corrected chi connectivity index (χ4v) is 7.80. The van der Waals surface area contributed by atoms with Crippen LogP contribution >= 0.6 is 0 Å². The number of imide groups is 1. The first-order valence-corrected chi connectivity index (χ1v) is 19.9. The maximum Gasteiger partial charge on any atom is 0.269 e. The predicted octanol–water partition coefficient (Wildman–Crippen LogP) is 5.18. The molecular formula is C46H42N8O6.